The quantitative estimate of drug-likeness (QED) is 0.0731. The van der Waals surface area contributed by atoms with Crippen molar-refractivity contribution < 1.29 is 30.7 Å². The Morgan fingerprint density at radius 3 is 1.93 bits per heavy atom. The molecule has 0 aliphatic carbocycles. The highest BCUT2D eigenvalue weighted by Crippen LogP contribution is 2.30. The number of unbranched alkanes of at least 4 members (excludes halogenated alkanes) is 2. The fourth-order valence-electron chi connectivity index (χ4n) is 4.51. The van der Waals surface area contributed by atoms with Crippen LogP contribution in [-0.2, 0) is 12.8 Å². The molecule has 0 aromatic heterocycles. The van der Waals surface area contributed by atoms with E-state index in [9.17, 15) is 30.7 Å². The molecular weight excluding hydrogens is 541 g/mol. The second-order valence-corrected chi connectivity index (χ2v) is 9.70. The van der Waals surface area contributed by atoms with Gasteiger partial charge in [-0.25, -0.2) is 30.7 Å². The van der Waals surface area contributed by atoms with Crippen LogP contribution in [0.4, 0.5) is 30.7 Å². The molecule has 0 saturated carbocycles. The Morgan fingerprint density at radius 1 is 0.634 bits per heavy atom. The van der Waals surface area contributed by atoms with Gasteiger partial charge in [0.15, 0.2) is 23.3 Å². The van der Waals surface area contributed by atoms with Gasteiger partial charge < -0.3 is 0 Å². The van der Waals surface area contributed by atoms with Crippen molar-refractivity contribution in [2.24, 2.45) is 0 Å². The van der Waals surface area contributed by atoms with Crippen molar-refractivity contribution in [3.8, 4) is 22.3 Å². The van der Waals surface area contributed by atoms with Gasteiger partial charge in [0.05, 0.1) is 0 Å². The van der Waals surface area contributed by atoms with Crippen molar-refractivity contribution in [1.82, 2.24) is 0 Å². The van der Waals surface area contributed by atoms with Crippen LogP contribution in [0.3, 0.4) is 0 Å². The average molecular weight is 569 g/mol. The van der Waals surface area contributed by atoms with Crippen LogP contribution in [0.1, 0.15) is 42.4 Å². The number of aryl methyl sites for hydroxylation is 2. The van der Waals surface area contributed by atoms with Gasteiger partial charge in [-0.15, -0.1) is 6.58 Å². The van der Waals surface area contributed by atoms with Crippen molar-refractivity contribution >= 4 is 5.83 Å². The normalized spacial score (nSPS) is 11.9. The molecule has 41 heavy (non-hydrogen) atoms. The van der Waals surface area contributed by atoms with Gasteiger partial charge in [0.25, 0.3) is 0 Å². The second kappa shape index (κ2) is 13.5. The Balaban J connectivity index is 1.41. The zero-order valence-electron chi connectivity index (χ0n) is 22.1. The monoisotopic (exact) mass is 568 g/mol. The maximum atomic E-state index is 14.9. The summed E-state index contributed by atoms with van der Waals surface area (Å²) in [7, 11) is 0. The molecule has 7 heteroatoms. The predicted molar refractivity (Wildman–Crippen MR) is 149 cm³/mol. The second-order valence-electron chi connectivity index (χ2n) is 9.70. The van der Waals surface area contributed by atoms with Gasteiger partial charge in [0, 0.05) is 17.5 Å². The number of hydrogen-bond acceptors (Lipinski definition) is 0. The van der Waals surface area contributed by atoms with Gasteiger partial charge in [-0.1, -0.05) is 54.6 Å². The molecule has 0 bridgehead atoms. The molecular formula is C34H27F7. The van der Waals surface area contributed by atoms with E-state index in [4.69, 9.17) is 0 Å². The minimum Gasteiger partial charge on any atom is -0.209 e. The van der Waals surface area contributed by atoms with E-state index in [1.807, 2.05) is 0 Å². The van der Waals surface area contributed by atoms with Crippen molar-refractivity contribution in [2.75, 3.05) is 0 Å². The highest BCUT2D eigenvalue weighted by atomic mass is 19.2. The number of halogens is 7. The molecule has 0 saturated heterocycles. The smallest absolute Gasteiger partial charge is 0.194 e. The van der Waals surface area contributed by atoms with E-state index >= 15 is 0 Å². The third kappa shape index (κ3) is 7.34. The summed E-state index contributed by atoms with van der Waals surface area (Å²) < 4.78 is 98.5. The van der Waals surface area contributed by atoms with Crippen LogP contribution in [0.15, 0.2) is 91.3 Å². The Labute approximate surface area is 234 Å². The Bertz CT molecular complexity index is 1550. The van der Waals surface area contributed by atoms with Gasteiger partial charge in [0.1, 0.15) is 17.5 Å². The van der Waals surface area contributed by atoms with Crippen LogP contribution in [0.2, 0.25) is 0 Å². The fourth-order valence-corrected chi connectivity index (χ4v) is 4.51. The van der Waals surface area contributed by atoms with Crippen LogP contribution in [0.5, 0.6) is 0 Å². The number of benzene rings is 4. The molecule has 0 unspecified atom stereocenters. The van der Waals surface area contributed by atoms with Crippen LogP contribution in [0.25, 0.3) is 28.1 Å². The lowest BCUT2D eigenvalue weighted by Crippen LogP contribution is -1.98. The summed E-state index contributed by atoms with van der Waals surface area (Å²) in [5.41, 5.74) is 2.00. The largest absolute Gasteiger partial charge is 0.209 e. The molecule has 0 spiro atoms. The summed E-state index contributed by atoms with van der Waals surface area (Å²) in [6.45, 7) is 3.60. The van der Waals surface area contributed by atoms with E-state index in [0.717, 1.165) is 25.0 Å². The Morgan fingerprint density at radius 2 is 1.29 bits per heavy atom. The zero-order chi connectivity index (χ0) is 29.5. The first-order valence-corrected chi connectivity index (χ1v) is 13.2. The average Bonchev–Trinajstić information content (AvgIpc) is 2.97. The molecule has 212 valence electrons. The fraction of sp³-hybridized carbons (Fsp3) is 0.176. The molecule has 4 aromatic rings. The molecule has 0 aliphatic rings. The van der Waals surface area contributed by atoms with E-state index in [0.29, 0.717) is 35.1 Å². The van der Waals surface area contributed by atoms with Gasteiger partial charge >= 0.3 is 0 Å². The lowest BCUT2D eigenvalue weighted by Gasteiger charge is -2.10. The van der Waals surface area contributed by atoms with Crippen molar-refractivity contribution in [2.45, 2.75) is 38.5 Å². The Kier molecular flexibility index (Phi) is 9.82. The topological polar surface area (TPSA) is 0 Å². The minimum absolute atomic E-state index is 0.0130. The molecule has 0 N–H and O–H groups in total. The molecule has 4 aromatic carbocycles. The lowest BCUT2D eigenvalue weighted by atomic mass is 9.97. The number of allylic oxidation sites excluding steroid dienone is 2. The summed E-state index contributed by atoms with van der Waals surface area (Å²) in [5, 5.41) is 0. The molecule has 0 heterocycles. The molecule has 0 fully saturated rings. The number of rotatable bonds is 11. The van der Waals surface area contributed by atoms with Crippen LogP contribution in [-0.4, -0.2) is 0 Å². The molecule has 0 radical (unpaired) electrons. The van der Waals surface area contributed by atoms with Gasteiger partial charge in [0.2, 0.25) is 0 Å². The first-order chi connectivity index (χ1) is 19.7. The van der Waals surface area contributed by atoms with Crippen LogP contribution >= 0.6 is 0 Å². The van der Waals surface area contributed by atoms with Crippen LogP contribution < -0.4 is 0 Å². The first kappa shape index (κ1) is 29.8. The van der Waals surface area contributed by atoms with E-state index in [1.165, 1.54) is 30.3 Å². The molecule has 0 nitrogen and oxygen atoms in total. The van der Waals surface area contributed by atoms with Crippen molar-refractivity contribution in [3.05, 3.63) is 137 Å². The highest BCUT2D eigenvalue weighted by molar-refractivity contribution is 5.69. The third-order valence-electron chi connectivity index (χ3n) is 6.83. The maximum Gasteiger partial charge on any atom is 0.194 e. The zero-order valence-corrected chi connectivity index (χ0v) is 22.1. The molecule has 0 amide bonds. The van der Waals surface area contributed by atoms with Gasteiger partial charge in [-0.05, 0) is 84.2 Å². The molecule has 0 aliphatic heterocycles. The van der Waals surface area contributed by atoms with E-state index < -0.39 is 40.7 Å². The maximum absolute atomic E-state index is 14.9. The summed E-state index contributed by atoms with van der Waals surface area (Å²) in [6.07, 6.45) is 4.29. The summed E-state index contributed by atoms with van der Waals surface area (Å²) >= 11 is 0. The van der Waals surface area contributed by atoms with Crippen molar-refractivity contribution in [3.63, 3.8) is 0 Å². The Hall–Kier alpha value is -4.13. The van der Waals surface area contributed by atoms with E-state index in [-0.39, 0.29) is 29.5 Å². The van der Waals surface area contributed by atoms with Gasteiger partial charge in [-0.3, -0.25) is 0 Å². The SMILES string of the molecule is C=CCCCCC(F)=C(F)c1ccc(-c2ccc(CCc3ccc(-c4cc(F)c(F)c(F)c4)c(F)c3)c(F)c2)cc1. The summed E-state index contributed by atoms with van der Waals surface area (Å²) in [5.74, 6) is -7.38. The third-order valence-corrected chi connectivity index (χ3v) is 6.83. The predicted octanol–water partition coefficient (Wildman–Crippen LogP) is 10.9. The standard InChI is InChI=1S/C34H27F7/c1-2-3-4-5-6-28(35)33(40)24-13-10-22(11-14-24)25-15-12-23(29(36)18-25)9-7-21-8-16-27(30(37)17-21)26-19-31(38)34(41)32(39)20-26/h2,8,10-20H,1,3-7,9H2. The molecule has 4 rings (SSSR count). The lowest BCUT2D eigenvalue weighted by molar-refractivity contribution is 0.447. The summed E-state index contributed by atoms with van der Waals surface area (Å²) in [4.78, 5) is 0. The van der Waals surface area contributed by atoms with E-state index in [1.54, 1.807) is 36.4 Å². The first-order valence-electron chi connectivity index (χ1n) is 13.2. The van der Waals surface area contributed by atoms with E-state index in [2.05, 4.69) is 6.58 Å². The number of hydrogen-bond donors (Lipinski definition) is 0. The van der Waals surface area contributed by atoms with Gasteiger partial charge in [-0.2, -0.15) is 0 Å². The van der Waals surface area contributed by atoms with Crippen LogP contribution in [0, 0.1) is 29.1 Å². The highest BCUT2D eigenvalue weighted by Gasteiger charge is 2.15. The van der Waals surface area contributed by atoms with Crippen molar-refractivity contribution in [1.29, 1.82) is 0 Å². The minimum atomic E-state index is -1.63. The molecule has 0 atom stereocenters. The summed E-state index contributed by atoms with van der Waals surface area (Å²) in [6, 6.07) is 16.3.